The molecule has 0 radical (unpaired) electrons. The molecule has 138 valence electrons. The van der Waals surface area contributed by atoms with Crippen LogP contribution in [0.15, 0.2) is 42.5 Å². The lowest BCUT2D eigenvalue weighted by Gasteiger charge is -2.25. The number of ether oxygens (including phenoxy) is 1. The van der Waals surface area contributed by atoms with Crippen LogP contribution in [0.5, 0.6) is 11.5 Å². The lowest BCUT2D eigenvalue weighted by atomic mass is 10.2. The Hall–Kier alpha value is -2.12. The van der Waals surface area contributed by atoms with E-state index in [4.69, 9.17) is 13.8 Å². The van der Waals surface area contributed by atoms with E-state index >= 15 is 0 Å². The zero-order chi connectivity index (χ0) is 18.7. The molecule has 1 aromatic heterocycles. The van der Waals surface area contributed by atoms with Gasteiger partial charge in [-0.1, -0.05) is 23.5 Å². The number of hydrogen-bond donors (Lipinski definition) is 2. The van der Waals surface area contributed by atoms with Crippen molar-refractivity contribution in [2.75, 3.05) is 26.6 Å². The molecule has 3 aromatic rings. The van der Waals surface area contributed by atoms with Crippen molar-refractivity contribution in [3.05, 3.63) is 48.0 Å². The fourth-order valence-corrected chi connectivity index (χ4v) is 4.90. The highest BCUT2D eigenvalue weighted by Gasteiger charge is 2.36. The Labute approximate surface area is 155 Å². The molecule has 2 aromatic carbocycles. The highest BCUT2D eigenvalue weighted by atomic mass is 32.1. The summed E-state index contributed by atoms with van der Waals surface area (Å²) in [4.78, 5) is 4.52. The van der Waals surface area contributed by atoms with Gasteiger partial charge in [0.1, 0.15) is 11.5 Å². The minimum atomic E-state index is -3.50. The van der Waals surface area contributed by atoms with Crippen molar-refractivity contribution < 1.29 is 23.5 Å². The van der Waals surface area contributed by atoms with Crippen LogP contribution in [0, 0.1) is 0 Å². The predicted octanol–water partition coefficient (Wildman–Crippen LogP) is 4.61. The minimum Gasteiger partial charge on any atom is -0.508 e. The van der Waals surface area contributed by atoms with E-state index in [0.29, 0.717) is 10.7 Å². The van der Waals surface area contributed by atoms with E-state index < -0.39 is 13.4 Å². The Morgan fingerprint density at radius 3 is 2.42 bits per heavy atom. The number of fused-ring (bicyclic) bond motifs is 1. The summed E-state index contributed by atoms with van der Waals surface area (Å²) >= 11 is 1.41. The number of thiazole rings is 1. The van der Waals surface area contributed by atoms with Crippen molar-refractivity contribution in [2.45, 2.75) is 5.78 Å². The molecular weight excluding hydrogens is 375 g/mol. The maximum Gasteiger partial charge on any atom is 0.356 e. The average Bonchev–Trinajstić information content (AvgIpc) is 3.08. The van der Waals surface area contributed by atoms with Gasteiger partial charge in [-0.05, 0) is 35.9 Å². The molecule has 7 nitrogen and oxygen atoms in total. The summed E-state index contributed by atoms with van der Waals surface area (Å²) in [6.07, 6.45) is 0. The largest absolute Gasteiger partial charge is 0.508 e. The minimum absolute atomic E-state index is 0.115. The van der Waals surface area contributed by atoms with E-state index in [9.17, 15) is 9.67 Å². The maximum atomic E-state index is 13.0. The van der Waals surface area contributed by atoms with Gasteiger partial charge in [-0.3, -0.25) is 4.57 Å². The van der Waals surface area contributed by atoms with Crippen LogP contribution in [-0.2, 0) is 13.6 Å². The van der Waals surface area contributed by atoms with E-state index in [2.05, 4.69) is 10.3 Å². The Kier molecular flexibility index (Phi) is 5.48. The SMILES string of the molecule is COc1ccc2nc(NC(c3ccc(O)cc3)P(=O)(OC)OC)sc2c1. The summed E-state index contributed by atoms with van der Waals surface area (Å²) in [6, 6.07) is 11.9. The number of nitrogens with zero attached hydrogens (tertiary/aromatic N) is 1. The standard InChI is InChI=1S/C17H19N2O5PS/c1-22-13-8-9-14-15(10-13)26-17(18-14)19-16(25(21,23-2)24-3)11-4-6-12(20)7-5-11/h4-10,16,20H,1-3H3,(H,18,19). The van der Waals surface area contributed by atoms with E-state index in [1.807, 2.05) is 18.2 Å². The summed E-state index contributed by atoms with van der Waals surface area (Å²) in [5.41, 5.74) is 1.44. The summed E-state index contributed by atoms with van der Waals surface area (Å²) in [6.45, 7) is 0. The molecule has 0 amide bonds. The molecule has 0 fully saturated rings. The van der Waals surface area contributed by atoms with Crippen LogP contribution < -0.4 is 10.1 Å². The third-order valence-corrected chi connectivity index (χ3v) is 6.92. The molecular formula is C17H19N2O5PS. The van der Waals surface area contributed by atoms with Crippen molar-refractivity contribution in [1.29, 1.82) is 0 Å². The Morgan fingerprint density at radius 1 is 1.12 bits per heavy atom. The number of aromatic hydroxyl groups is 1. The Bertz CT molecular complexity index is 936. The van der Waals surface area contributed by atoms with Gasteiger partial charge in [0.25, 0.3) is 0 Å². The second kappa shape index (κ2) is 7.63. The summed E-state index contributed by atoms with van der Waals surface area (Å²) in [7, 11) is 0.776. The van der Waals surface area contributed by atoms with Crippen LogP contribution in [0.25, 0.3) is 10.2 Å². The molecule has 0 aliphatic carbocycles. The molecule has 1 heterocycles. The van der Waals surface area contributed by atoms with Crippen molar-refractivity contribution >= 4 is 34.3 Å². The lowest BCUT2D eigenvalue weighted by Crippen LogP contribution is -2.13. The monoisotopic (exact) mass is 394 g/mol. The number of methoxy groups -OCH3 is 1. The second-order valence-electron chi connectivity index (χ2n) is 5.40. The second-order valence-corrected chi connectivity index (χ2v) is 8.75. The van der Waals surface area contributed by atoms with Crippen LogP contribution in [0.1, 0.15) is 11.3 Å². The lowest BCUT2D eigenvalue weighted by molar-refractivity contribution is 0.268. The van der Waals surface area contributed by atoms with Gasteiger partial charge < -0.3 is 24.2 Å². The molecule has 3 rings (SSSR count). The van der Waals surface area contributed by atoms with Crippen LogP contribution in [-0.4, -0.2) is 31.4 Å². The van der Waals surface area contributed by atoms with Gasteiger partial charge in [0, 0.05) is 14.2 Å². The van der Waals surface area contributed by atoms with Crippen LogP contribution in [0.2, 0.25) is 0 Å². The Morgan fingerprint density at radius 2 is 1.81 bits per heavy atom. The molecule has 0 bridgehead atoms. The number of phenols is 1. The molecule has 0 aliphatic heterocycles. The normalized spacial score (nSPS) is 12.9. The summed E-state index contributed by atoms with van der Waals surface area (Å²) < 4.78 is 29.6. The quantitative estimate of drug-likeness (QED) is 0.566. The number of benzene rings is 2. The molecule has 9 heteroatoms. The van der Waals surface area contributed by atoms with Gasteiger partial charge >= 0.3 is 7.60 Å². The fourth-order valence-electron chi connectivity index (χ4n) is 2.50. The Balaban J connectivity index is 2.00. The van der Waals surface area contributed by atoms with Gasteiger partial charge in [-0.2, -0.15) is 0 Å². The van der Waals surface area contributed by atoms with Crippen molar-refractivity contribution in [1.82, 2.24) is 4.98 Å². The number of phenolic OH excluding ortho intramolecular Hbond substituents is 1. The van der Waals surface area contributed by atoms with Crippen LogP contribution >= 0.6 is 18.9 Å². The van der Waals surface area contributed by atoms with Gasteiger partial charge in [0.05, 0.1) is 17.3 Å². The zero-order valence-electron chi connectivity index (χ0n) is 14.5. The number of rotatable bonds is 7. The van der Waals surface area contributed by atoms with Gasteiger partial charge in [0.2, 0.25) is 0 Å². The van der Waals surface area contributed by atoms with Crippen LogP contribution in [0.4, 0.5) is 5.13 Å². The third-order valence-electron chi connectivity index (χ3n) is 3.89. The van der Waals surface area contributed by atoms with Crippen molar-refractivity contribution in [3.8, 4) is 11.5 Å². The van der Waals surface area contributed by atoms with E-state index in [1.165, 1.54) is 37.7 Å². The molecule has 26 heavy (non-hydrogen) atoms. The van der Waals surface area contributed by atoms with E-state index in [1.54, 1.807) is 19.2 Å². The van der Waals surface area contributed by atoms with E-state index in [0.717, 1.165) is 16.0 Å². The molecule has 0 saturated carbocycles. The van der Waals surface area contributed by atoms with Gasteiger partial charge in [-0.15, -0.1) is 0 Å². The van der Waals surface area contributed by atoms with Crippen molar-refractivity contribution in [3.63, 3.8) is 0 Å². The number of aromatic nitrogens is 1. The van der Waals surface area contributed by atoms with E-state index in [-0.39, 0.29) is 5.75 Å². The summed E-state index contributed by atoms with van der Waals surface area (Å²) in [5.74, 6) is 0.0760. The molecule has 0 spiro atoms. The molecule has 2 N–H and O–H groups in total. The maximum absolute atomic E-state index is 13.0. The smallest absolute Gasteiger partial charge is 0.356 e. The topological polar surface area (TPSA) is 89.9 Å². The number of anilines is 1. The first-order valence-electron chi connectivity index (χ1n) is 7.70. The molecule has 1 unspecified atom stereocenters. The van der Waals surface area contributed by atoms with Gasteiger partial charge in [0.15, 0.2) is 10.9 Å². The van der Waals surface area contributed by atoms with Crippen molar-refractivity contribution in [2.24, 2.45) is 0 Å². The number of nitrogens with one attached hydrogen (secondary N) is 1. The fraction of sp³-hybridized carbons (Fsp3) is 0.235. The first-order chi connectivity index (χ1) is 12.5. The highest BCUT2D eigenvalue weighted by Crippen LogP contribution is 2.60. The van der Waals surface area contributed by atoms with Gasteiger partial charge in [-0.25, -0.2) is 4.98 Å². The summed E-state index contributed by atoms with van der Waals surface area (Å²) in [5, 5.41) is 13.2. The van der Waals surface area contributed by atoms with Crippen LogP contribution in [0.3, 0.4) is 0 Å². The first kappa shape index (κ1) is 18.7. The molecule has 1 atom stereocenters. The number of hydrogen-bond acceptors (Lipinski definition) is 8. The highest BCUT2D eigenvalue weighted by molar-refractivity contribution is 7.54. The molecule has 0 saturated heterocycles. The third kappa shape index (κ3) is 3.68. The zero-order valence-corrected chi connectivity index (χ0v) is 16.2. The molecule has 0 aliphatic rings. The first-order valence-corrected chi connectivity index (χ1v) is 10.1. The average molecular weight is 394 g/mol. The predicted molar refractivity (Wildman–Crippen MR) is 102 cm³/mol.